The zero-order chi connectivity index (χ0) is 31.0. The Bertz CT molecular complexity index is 1190. The standard InChI is InChI=1S/C32H56N5O4PSi/c1-28(24-37-26-36-30-31(33)34-25-35-32(30)37)40-27-42(38,39)41-22-18-13-11-9-7-5-4-6-8-10-12-14-19-23-43(2,3)29-20-16-15-17-21-29/h25-26,28-29H,4-18,20-22,24,27H2,1-3H3,(H,38,39)(H2,33,34,35)/t28-/m1/s1. The van der Waals surface area contributed by atoms with Gasteiger partial charge in [-0.25, -0.2) is 15.0 Å². The van der Waals surface area contributed by atoms with E-state index < -0.39 is 15.7 Å². The Morgan fingerprint density at radius 2 is 1.63 bits per heavy atom. The third-order valence-electron chi connectivity index (χ3n) is 8.68. The summed E-state index contributed by atoms with van der Waals surface area (Å²) in [4.78, 5) is 22.5. The van der Waals surface area contributed by atoms with Crippen molar-refractivity contribution in [1.29, 1.82) is 0 Å². The van der Waals surface area contributed by atoms with Crippen LogP contribution in [0, 0.1) is 11.5 Å². The molecule has 0 radical (unpaired) electrons. The molecule has 1 fully saturated rings. The molecule has 1 aliphatic rings. The van der Waals surface area contributed by atoms with Gasteiger partial charge in [-0.2, -0.15) is 0 Å². The first-order valence-corrected chi connectivity index (χ1v) is 21.5. The number of nitrogen functional groups attached to an aromatic ring is 1. The number of ether oxygens (including phenoxy) is 1. The van der Waals surface area contributed by atoms with Gasteiger partial charge in [0, 0.05) is 6.42 Å². The van der Waals surface area contributed by atoms with E-state index in [2.05, 4.69) is 39.5 Å². The number of imidazole rings is 1. The fourth-order valence-electron chi connectivity index (χ4n) is 5.95. The predicted molar refractivity (Wildman–Crippen MR) is 178 cm³/mol. The average Bonchev–Trinajstić information content (AvgIpc) is 3.40. The number of hydrogen-bond acceptors (Lipinski definition) is 7. The quantitative estimate of drug-likeness (QED) is 0.0646. The van der Waals surface area contributed by atoms with Crippen LogP contribution >= 0.6 is 7.60 Å². The topological polar surface area (TPSA) is 125 Å². The average molecular weight is 634 g/mol. The van der Waals surface area contributed by atoms with Gasteiger partial charge in [0.05, 0.1) is 25.6 Å². The molecule has 0 aliphatic heterocycles. The third kappa shape index (κ3) is 13.4. The van der Waals surface area contributed by atoms with Crippen molar-refractivity contribution in [2.45, 2.75) is 147 Å². The largest absolute Gasteiger partial charge is 0.382 e. The van der Waals surface area contributed by atoms with E-state index in [0.29, 0.717) is 23.5 Å². The van der Waals surface area contributed by atoms with E-state index >= 15 is 0 Å². The van der Waals surface area contributed by atoms with Gasteiger partial charge in [-0.1, -0.05) is 103 Å². The molecule has 1 aliphatic carbocycles. The van der Waals surface area contributed by atoms with E-state index in [0.717, 1.165) is 31.2 Å². The summed E-state index contributed by atoms with van der Waals surface area (Å²) in [6, 6.07) is 0. The lowest BCUT2D eigenvalue weighted by Gasteiger charge is -2.31. The lowest BCUT2D eigenvalue weighted by Crippen LogP contribution is -2.32. The Morgan fingerprint density at radius 1 is 1.00 bits per heavy atom. The van der Waals surface area contributed by atoms with Crippen LogP contribution in [0.2, 0.25) is 18.6 Å². The molecular formula is C32H56N5O4PSi. The minimum Gasteiger partial charge on any atom is -0.382 e. The van der Waals surface area contributed by atoms with E-state index in [1.807, 2.05) is 6.92 Å². The maximum atomic E-state index is 12.4. The minimum absolute atomic E-state index is 0.276. The van der Waals surface area contributed by atoms with Gasteiger partial charge in [-0.3, -0.25) is 4.57 Å². The summed E-state index contributed by atoms with van der Waals surface area (Å²) in [7, 11) is -5.14. The van der Waals surface area contributed by atoms with E-state index in [4.69, 9.17) is 15.0 Å². The fraction of sp³-hybridized carbons (Fsp3) is 0.781. The summed E-state index contributed by atoms with van der Waals surface area (Å²) in [5.41, 5.74) is 11.6. The lowest BCUT2D eigenvalue weighted by molar-refractivity contribution is 0.0715. The van der Waals surface area contributed by atoms with Crippen molar-refractivity contribution in [3.63, 3.8) is 0 Å². The summed E-state index contributed by atoms with van der Waals surface area (Å²) in [5.74, 6) is 3.87. The van der Waals surface area contributed by atoms with E-state index in [1.54, 1.807) is 10.9 Å². The first-order chi connectivity index (χ1) is 20.7. The number of nitrogens with zero attached hydrogens (tertiary/aromatic N) is 4. The van der Waals surface area contributed by atoms with Crippen molar-refractivity contribution >= 4 is 32.7 Å². The number of unbranched alkanes of at least 4 members (excludes halogenated alkanes) is 11. The zero-order valence-electron chi connectivity index (χ0n) is 26.9. The highest BCUT2D eigenvalue weighted by Crippen LogP contribution is 2.42. The number of anilines is 1. The number of rotatable bonds is 20. The molecule has 1 unspecified atom stereocenters. The van der Waals surface area contributed by atoms with Gasteiger partial charge in [0.15, 0.2) is 11.5 Å². The Labute approximate surface area is 260 Å². The molecule has 0 aromatic carbocycles. The van der Waals surface area contributed by atoms with Crippen molar-refractivity contribution < 1.29 is 18.7 Å². The minimum atomic E-state index is -3.79. The summed E-state index contributed by atoms with van der Waals surface area (Å²) in [6.07, 6.45) is 23.8. The van der Waals surface area contributed by atoms with Crippen molar-refractivity contribution in [2.24, 2.45) is 0 Å². The Morgan fingerprint density at radius 3 is 2.30 bits per heavy atom. The van der Waals surface area contributed by atoms with E-state index in [1.165, 1.54) is 89.8 Å². The molecule has 1 saturated carbocycles. The molecule has 2 heterocycles. The Balaban J connectivity index is 1.11. The van der Waals surface area contributed by atoms with Gasteiger partial charge in [0.25, 0.3) is 0 Å². The van der Waals surface area contributed by atoms with Gasteiger partial charge in [-0.05, 0) is 25.3 Å². The van der Waals surface area contributed by atoms with Crippen molar-refractivity contribution in [1.82, 2.24) is 19.5 Å². The van der Waals surface area contributed by atoms with Gasteiger partial charge in [-0.15, -0.1) is 11.5 Å². The smallest absolute Gasteiger partial charge is 0.353 e. The van der Waals surface area contributed by atoms with Crippen molar-refractivity contribution in [2.75, 3.05) is 18.7 Å². The molecule has 242 valence electrons. The number of fused-ring (bicyclic) bond motifs is 1. The SMILES string of the molecule is C[C@H](Cn1cnc2c(N)ncnc21)OCP(=O)(O)OCCCCCCCCCCCCCC#C[Si](C)(C)C1CCCCC1. The molecule has 9 nitrogen and oxygen atoms in total. The first kappa shape index (κ1) is 35.7. The third-order valence-corrected chi connectivity index (χ3v) is 13.2. The molecule has 2 aromatic rings. The number of nitrogens with two attached hydrogens (primary N) is 1. The molecule has 0 saturated heterocycles. The molecule has 0 spiro atoms. The summed E-state index contributed by atoms with van der Waals surface area (Å²) in [6.45, 7) is 7.49. The molecule has 2 atom stereocenters. The van der Waals surface area contributed by atoms with Crippen LogP contribution in [0.25, 0.3) is 11.2 Å². The predicted octanol–water partition coefficient (Wildman–Crippen LogP) is 8.24. The Kier molecular flexibility index (Phi) is 15.7. The zero-order valence-corrected chi connectivity index (χ0v) is 28.8. The van der Waals surface area contributed by atoms with E-state index in [9.17, 15) is 9.46 Å². The molecule has 3 N–H and O–H groups in total. The van der Waals surface area contributed by atoms with Crippen LogP contribution in [-0.4, -0.2) is 51.5 Å². The summed E-state index contributed by atoms with van der Waals surface area (Å²) in [5, 5.41) is 0. The van der Waals surface area contributed by atoms with Gasteiger partial charge in [0.2, 0.25) is 0 Å². The number of aromatic nitrogens is 4. The molecular weight excluding hydrogens is 577 g/mol. The molecule has 3 rings (SSSR count). The molecule has 43 heavy (non-hydrogen) atoms. The second kappa shape index (κ2) is 18.9. The van der Waals surface area contributed by atoms with Gasteiger partial charge >= 0.3 is 7.60 Å². The summed E-state index contributed by atoms with van der Waals surface area (Å²) >= 11 is 0. The lowest BCUT2D eigenvalue weighted by atomic mass is 10.0. The molecule has 0 amide bonds. The maximum absolute atomic E-state index is 12.4. The first-order valence-electron chi connectivity index (χ1n) is 16.7. The van der Waals surface area contributed by atoms with Crippen LogP contribution in [-0.2, 0) is 20.4 Å². The van der Waals surface area contributed by atoms with Crippen LogP contribution < -0.4 is 5.73 Å². The van der Waals surface area contributed by atoms with E-state index in [-0.39, 0.29) is 19.1 Å². The maximum Gasteiger partial charge on any atom is 0.353 e. The van der Waals surface area contributed by atoms with Crippen molar-refractivity contribution in [3.05, 3.63) is 12.7 Å². The second-order valence-electron chi connectivity index (χ2n) is 12.9. The highest BCUT2D eigenvalue weighted by atomic mass is 31.2. The van der Waals surface area contributed by atoms with Gasteiger partial charge < -0.3 is 24.5 Å². The normalized spacial score (nSPS) is 16.6. The van der Waals surface area contributed by atoms with Crippen LogP contribution in [0.1, 0.15) is 116 Å². The van der Waals surface area contributed by atoms with Crippen LogP contribution in [0.15, 0.2) is 12.7 Å². The van der Waals surface area contributed by atoms with Gasteiger partial charge in [0.1, 0.15) is 26.3 Å². The van der Waals surface area contributed by atoms with Crippen LogP contribution in [0.5, 0.6) is 0 Å². The molecule has 2 aromatic heterocycles. The summed E-state index contributed by atoms with van der Waals surface area (Å²) < 4.78 is 25.0. The molecule has 11 heteroatoms. The second-order valence-corrected chi connectivity index (χ2v) is 19.2. The van der Waals surface area contributed by atoms with Crippen molar-refractivity contribution in [3.8, 4) is 11.5 Å². The van der Waals surface area contributed by atoms with Crippen LogP contribution in [0.4, 0.5) is 5.82 Å². The highest BCUT2D eigenvalue weighted by Gasteiger charge is 2.31. The fourth-order valence-corrected chi connectivity index (χ4v) is 9.52. The van der Waals surface area contributed by atoms with Crippen LogP contribution in [0.3, 0.4) is 0 Å². The molecule has 0 bridgehead atoms. The number of hydrogen-bond donors (Lipinski definition) is 2. The highest BCUT2D eigenvalue weighted by molar-refractivity contribution is 7.52. The monoisotopic (exact) mass is 633 g/mol. The Hall–Kier alpha value is -1.76.